The number of amides is 2. The Morgan fingerprint density at radius 3 is 2.56 bits per heavy atom. The maximum Gasteiger partial charge on any atom is 0.269 e. The van der Waals surface area contributed by atoms with Gasteiger partial charge in [0.15, 0.2) is 6.10 Å². The molecule has 192 valence electrons. The van der Waals surface area contributed by atoms with E-state index in [0.717, 1.165) is 32.1 Å². The Kier molecular flexibility index (Phi) is 8.29. The molecule has 5 nitrogen and oxygen atoms in total. The first-order chi connectivity index (χ1) is 17.3. The molecule has 0 radical (unpaired) electrons. The largest absolute Gasteiger partial charge is 0.480 e. The summed E-state index contributed by atoms with van der Waals surface area (Å²) in [7, 11) is 0. The van der Waals surface area contributed by atoms with Gasteiger partial charge in [-0.05, 0) is 87.1 Å². The first kappa shape index (κ1) is 26.1. The second kappa shape index (κ2) is 11.4. The van der Waals surface area contributed by atoms with Crippen LogP contribution in [0.25, 0.3) is 0 Å². The SMILES string of the molecule is C/C=C(\C)C(C(=O)NC1CCCCC1)N(C(=O)C1CCc2cc(F)ccc2O1)c1ccc(F)c(Cl)c1. The summed E-state index contributed by atoms with van der Waals surface area (Å²) >= 11 is 6.09. The minimum absolute atomic E-state index is 0.0415. The van der Waals surface area contributed by atoms with E-state index in [1.165, 1.54) is 41.3 Å². The highest BCUT2D eigenvalue weighted by molar-refractivity contribution is 6.31. The summed E-state index contributed by atoms with van der Waals surface area (Å²) in [4.78, 5) is 29.0. The molecule has 0 aromatic heterocycles. The van der Waals surface area contributed by atoms with Crippen molar-refractivity contribution in [3.8, 4) is 5.75 Å². The maximum absolute atomic E-state index is 14.0. The maximum atomic E-state index is 14.0. The van der Waals surface area contributed by atoms with Crippen molar-refractivity contribution in [2.45, 2.75) is 77.0 Å². The van der Waals surface area contributed by atoms with Crippen LogP contribution in [0.4, 0.5) is 14.5 Å². The number of benzene rings is 2. The Morgan fingerprint density at radius 2 is 1.86 bits per heavy atom. The summed E-state index contributed by atoms with van der Waals surface area (Å²) in [6.45, 7) is 3.59. The molecule has 1 N–H and O–H groups in total. The number of nitrogens with zero attached hydrogens (tertiary/aromatic N) is 1. The third-order valence-electron chi connectivity index (χ3n) is 7.01. The number of hydrogen-bond donors (Lipinski definition) is 1. The number of anilines is 1. The minimum atomic E-state index is -0.968. The van der Waals surface area contributed by atoms with Crippen LogP contribution in [0.3, 0.4) is 0 Å². The summed E-state index contributed by atoms with van der Waals surface area (Å²) in [5, 5.41) is 2.97. The lowest BCUT2D eigenvalue weighted by molar-refractivity contribution is -0.130. The summed E-state index contributed by atoms with van der Waals surface area (Å²) in [6, 6.07) is 7.24. The van der Waals surface area contributed by atoms with E-state index >= 15 is 0 Å². The number of allylic oxidation sites excluding steroid dienone is 1. The van der Waals surface area contributed by atoms with Crippen molar-refractivity contribution in [1.29, 1.82) is 0 Å². The first-order valence-electron chi connectivity index (χ1n) is 12.4. The Hall–Kier alpha value is -2.93. The Bertz CT molecular complexity index is 1160. The van der Waals surface area contributed by atoms with Gasteiger partial charge >= 0.3 is 0 Å². The molecule has 1 aliphatic carbocycles. The number of carbonyl (C=O) groups is 2. The molecule has 2 unspecified atom stereocenters. The van der Waals surface area contributed by atoms with Crippen LogP contribution < -0.4 is 15.0 Å². The number of fused-ring (bicyclic) bond motifs is 1. The smallest absolute Gasteiger partial charge is 0.269 e. The van der Waals surface area contributed by atoms with Crippen LogP contribution in [0.2, 0.25) is 5.02 Å². The predicted molar refractivity (Wildman–Crippen MR) is 136 cm³/mol. The van der Waals surface area contributed by atoms with Gasteiger partial charge in [0.05, 0.1) is 5.02 Å². The molecule has 2 amide bonds. The molecule has 2 aromatic rings. The fourth-order valence-electron chi connectivity index (χ4n) is 4.94. The molecule has 2 aliphatic rings. The molecule has 1 aliphatic heterocycles. The fraction of sp³-hybridized carbons (Fsp3) is 0.429. The van der Waals surface area contributed by atoms with Crippen molar-refractivity contribution in [3.63, 3.8) is 0 Å². The molecular formula is C28H31ClF2N2O3. The van der Waals surface area contributed by atoms with Crippen LogP contribution in [-0.2, 0) is 16.0 Å². The van der Waals surface area contributed by atoms with Crippen molar-refractivity contribution in [2.75, 3.05) is 4.90 Å². The molecule has 1 fully saturated rings. The van der Waals surface area contributed by atoms with Crippen molar-refractivity contribution in [1.82, 2.24) is 5.32 Å². The van der Waals surface area contributed by atoms with E-state index in [1.54, 1.807) is 19.9 Å². The Balaban J connectivity index is 1.70. The topological polar surface area (TPSA) is 58.6 Å². The minimum Gasteiger partial charge on any atom is -0.480 e. The summed E-state index contributed by atoms with van der Waals surface area (Å²) in [6.07, 6.45) is 6.67. The van der Waals surface area contributed by atoms with E-state index in [9.17, 15) is 18.4 Å². The van der Waals surface area contributed by atoms with Crippen LogP contribution in [0.15, 0.2) is 48.0 Å². The molecule has 0 bridgehead atoms. The number of ether oxygens (including phenoxy) is 1. The third-order valence-corrected chi connectivity index (χ3v) is 7.30. The molecular weight excluding hydrogens is 486 g/mol. The fourth-order valence-corrected chi connectivity index (χ4v) is 5.11. The quantitative estimate of drug-likeness (QED) is 0.470. The highest BCUT2D eigenvalue weighted by Gasteiger charge is 2.39. The van der Waals surface area contributed by atoms with E-state index in [0.29, 0.717) is 35.4 Å². The molecule has 1 heterocycles. The first-order valence-corrected chi connectivity index (χ1v) is 12.8. The monoisotopic (exact) mass is 516 g/mol. The number of nitrogens with one attached hydrogen (secondary N) is 1. The molecule has 0 saturated heterocycles. The molecule has 2 aromatic carbocycles. The number of rotatable bonds is 6. The normalized spacial score (nSPS) is 19.1. The summed E-state index contributed by atoms with van der Waals surface area (Å²) < 4.78 is 33.7. The molecule has 2 atom stereocenters. The zero-order chi connectivity index (χ0) is 25.8. The number of halogens is 3. The molecule has 8 heteroatoms. The molecule has 4 rings (SSSR count). The summed E-state index contributed by atoms with van der Waals surface area (Å²) in [5.74, 6) is -1.30. The zero-order valence-electron chi connectivity index (χ0n) is 20.5. The van der Waals surface area contributed by atoms with Crippen LogP contribution in [0.5, 0.6) is 5.75 Å². The van der Waals surface area contributed by atoms with Crippen LogP contribution in [0.1, 0.15) is 57.9 Å². The van der Waals surface area contributed by atoms with E-state index in [-0.39, 0.29) is 22.8 Å². The van der Waals surface area contributed by atoms with Crippen LogP contribution >= 0.6 is 11.6 Å². The molecule has 0 spiro atoms. The Morgan fingerprint density at radius 1 is 1.11 bits per heavy atom. The standard InChI is InChI=1S/C28H31ClF2N2O3/c1-3-17(2)26(27(34)32-20-7-5-4-6-8-20)33(21-11-12-23(31)22(29)16-21)28(35)25-13-9-18-15-19(30)10-14-24(18)36-25/h3,10-12,14-16,20,25-26H,4-9,13H2,1-2H3,(H,32,34)/b17-3+. The van der Waals surface area contributed by atoms with Gasteiger partial charge in [-0.3, -0.25) is 14.5 Å². The predicted octanol–water partition coefficient (Wildman–Crippen LogP) is 6.13. The van der Waals surface area contributed by atoms with Gasteiger partial charge in [-0.2, -0.15) is 0 Å². The van der Waals surface area contributed by atoms with Gasteiger partial charge in [-0.1, -0.05) is 36.9 Å². The van der Waals surface area contributed by atoms with Crippen molar-refractivity contribution in [3.05, 3.63) is 70.3 Å². The van der Waals surface area contributed by atoms with Gasteiger partial charge in [-0.15, -0.1) is 0 Å². The van der Waals surface area contributed by atoms with Gasteiger partial charge in [0, 0.05) is 11.7 Å². The highest BCUT2D eigenvalue weighted by atomic mass is 35.5. The lowest BCUT2D eigenvalue weighted by atomic mass is 9.94. The second-order valence-corrected chi connectivity index (χ2v) is 9.89. The second-order valence-electron chi connectivity index (χ2n) is 9.48. The lowest BCUT2D eigenvalue weighted by Gasteiger charge is -2.36. The van der Waals surface area contributed by atoms with E-state index < -0.39 is 23.9 Å². The van der Waals surface area contributed by atoms with Gasteiger partial charge in [0.25, 0.3) is 5.91 Å². The number of carbonyl (C=O) groups excluding carboxylic acids is 2. The average molecular weight is 517 g/mol. The van der Waals surface area contributed by atoms with Gasteiger partial charge in [-0.25, -0.2) is 8.78 Å². The summed E-state index contributed by atoms with van der Waals surface area (Å²) in [5.41, 5.74) is 1.65. The van der Waals surface area contributed by atoms with Crippen molar-refractivity contribution in [2.24, 2.45) is 0 Å². The molecule has 36 heavy (non-hydrogen) atoms. The van der Waals surface area contributed by atoms with Crippen molar-refractivity contribution < 1.29 is 23.1 Å². The van der Waals surface area contributed by atoms with E-state index in [1.807, 2.05) is 0 Å². The van der Waals surface area contributed by atoms with Gasteiger partial charge < -0.3 is 10.1 Å². The molecule has 1 saturated carbocycles. The van der Waals surface area contributed by atoms with Gasteiger partial charge in [0.2, 0.25) is 5.91 Å². The zero-order valence-corrected chi connectivity index (χ0v) is 21.3. The third kappa shape index (κ3) is 5.72. The van der Waals surface area contributed by atoms with Crippen LogP contribution in [-0.4, -0.2) is 30.0 Å². The highest BCUT2D eigenvalue weighted by Crippen LogP contribution is 2.32. The lowest BCUT2D eigenvalue weighted by Crippen LogP contribution is -2.56. The average Bonchev–Trinajstić information content (AvgIpc) is 2.88. The van der Waals surface area contributed by atoms with E-state index in [2.05, 4.69) is 5.32 Å². The number of hydrogen-bond acceptors (Lipinski definition) is 3. The van der Waals surface area contributed by atoms with Crippen molar-refractivity contribution >= 4 is 29.1 Å². The van der Waals surface area contributed by atoms with Gasteiger partial charge in [0.1, 0.15) is 23.4 Å². The van der Waals surface area contributed by atoms with Crippen LogP contribution in [0, 0.1) is 11.6 Å². The number of aryl methyl sites for hydroxylation is 1. The Labute approximate surface area is 215 Å². The van der Waals surface area contributed by atoms with E-state index in [4.69, 9.17) is 16.3 Å².